The number of carbonyl (C=O) groups is 2. The maximum atomic E-state index is 12.0. The summed E-state index contributed by atoms with van der Waals surface area (Å²) in [6.07, 6.45) is 4.69. The van der Waals surface area contributed by atoms with Gasteiger partial charge >= 0.3 is 12.0 Å². The monoisotopic (exact) mass is 276 g/mol. The number of anilines is 1. The summed E-state index contributed by atoms with van der Waals surface area (Å²) in [5.74, 6) is -0.942. The normalized spacial score (nSPS) is 17.8. The number of amides is 2. The smallest absolute Gasteiger partial charge is 0.329 e. The van der Waals surface area contributed by atoms with Crippen molar-refractivity contribution in [3.8, 4) is 0 Å². The molecule has 0 unspecified atom stereocenters. The van der Waals surface area contributed by atoms with Crippen molar-refractivity contribution in [2.24, 2.45) is 0 Å². The zero-order valence-electron chi connectivity index (χ0n) is 11.4. The van der Waals surface area contributed by atoms with Crippen LogP contribution in [0, 0.1) is 0 Å². The van der Waals surface area contributed by atoms with E-state index in [1.54, 1.807) is 12.1 Å². The molecular weight excluding hydrogens is 256 g/mol. The summed E-state index contributed by atoms with van der Waals surface area (Å²) >= 11 is 0. The van der Waals surface area contributed by atoms with Crippen molar-refractivity contribution < 1.29 is 14.7 Å². The number of para-hydroxylation sites is 1. The zero-order chi connectivity index (χ0) is 14.4. The second-order valence-electron chi connectivity index (χ2n) is 5.25. The van der Waals surface area contributed by atoms with E-state index in [-0.39, 0.29) is 0 Å². The third kappa shape index (κ3) is 3.50. The molecule has 1 fully saturated rings. The number of carbonyl (C=O) groups excluding carboxylic acids is 1. The minimum Gasteiger partial charge on any atom is -0.480 e. The van der Waals surface area contributed by atoms with E-state index in [0.717, 1.165) is 25.7 Å². The third-order valence-corrected chi connectivity index (χ3v) is 3.75. The van der Waals surface area contributed by atoms with Gasteiger partial charge in [-0.1, -0.05) is 43.9 Å². The Labute approximate surface area is 118 Å². The molecule has 2 amide bonds. The number of nitrogens with one attached hydrogen (secondary N) is 2. The lowest BCUT2D eigenvalue weighted by molar-refractivity contribution is -0.145. The molecule has 1 aromatic carbocycles. The fourth-order valence-corrected chi connectivity index (χ4v) is 2.63. The van der Waals surface area contributed by atoms with Crippen LogP contribution < -0.4 is 10.6 Å². The topological polar surface area (TPSA) is 78.4 Å². The van der Waals surface area contributed by atoms with E-state index in [1.807, 2.05) is 18.2 Å². The highest BCUT2D eigenvalue weighted by Crippen LogP contribution is 2.27. The van der Waals surface area contributed by atoms with Gasteiger partial charge in [-0.25, -0.2) is 9.59 Å². The summed E-state index contributed by atoms with van der Waals surface area (Å²) in [6, 6.07) is 8.55. The van der Waals surface area contributed by atoms with Crippen molar-refractivity contribution in [1.29, 1.82) is 0 Å². The minimum atomic E-state index is -1.13. The van der Waals surface area contributed by atoms with Gasteiger partial charge in [-0.2, -0.15) is 0 Å². The number of hydrogen-bond acceptors (Lipinski definition) is 2. The molecule has 2 rings (SSSR count). The van der Waals surface area contributed by atoms with Crippen molar-refractivity contribution >= 4 is 17.7 Å². The summed E-state index contributed by atoms with van der Waals surface area (Å²) in [6.45, 7) is 0. The first-order valence-corrected chi connectivity index (χ1v) is 7.00. The molecule has 1 saturated carbocycles. The van der Waals surface area contributed by atoms with Crippen LogP contribution in [0.4, 0.5) is 10.5 Å². The molecule has 20 heavy (non-hydrogen) atoms. The number of benzene rings is 1. The van der Waals surface area contributed by atoms with Crippen LogP contribution in [0.3, 0.4) is 0 Å². The van der Waals surface area contributed by atoms with Crippen LogP contribution in [-0.4, -0.2) is 22.6 Å². The standard InChI is InChI=1S/C15H20N2O3/c18-13(19)15(10-6-1-2-7-11-15)17-14(20)16-12-8-4-3-5-9-12/h3-5,8-9H,1-2,6-7,10-11H2,(H,18,19)(H2,16,17,20). The highest BCUT2D eigenvalue weighted by atomic mass is 16.4. The number of rotatable bonds is 3. The Morgan fingerprint density at radius 2 is 1.60 bits per heavy atom. The van der Waals surface area contributed by atoms with Crippen molar-refractivity contribution in [1.82, 2.24) is 5.32 Å². The maximum Gasteiger partial charge on any atom is 0.329 e. The Bertz CT molecular complexity index is 465. The largest absolute Gasteiger partial charge is 0.480 e. The van der Waals surface area contributed by atoms with Crippen LogP contribution in [0.2, 0.25) is 0 Å². The first-order chi connectivity index (χ1) is 9.62. The van der Waals surface area contributed by atoms with E-state index in [4.69, 9.17) is 0 Å². The molecule has 3 N–H and O–H groups in total. The highest BCUT2D eigenvalue weighted by Gasteiger charge is 2.40. The van der Waals surface area contributed by atoms with Crippen LogP contribution >= 0.6 is 0 Å². The van der Waals surface area contributed by atoms with Gasteiger partial charge in [0.05, 0.1) is 0 Å². The van der Waals surface area contributed by atoms with E-state index in [9.17, 15) is 14.7 Å². The average Bonchev–Trinajstić information content (AvgIpc) is 2.66. The van der Waals surface area contributed by atoms with E-state index >= 15 is 0 Å². The summed E-state index contributed by atoms with van der Waals surface area (Å²) in [7, 11) is 0. The molecule has 0 spiro atoms. The molecular formula is C15H20N2O3. The molecule has 0 heterocycles. The molecule has 0 radical (unpaired) electrons. The molecule has 5 nitrogen and oxygen atoms in total. The van der Waals surface area contributed by atoms with Gasteiger partial charge in [0.1, 0.15) is 5.54 Å². The zero-order valence-corrected chi connectivity index (χ0v) is 11.4. The molecule has 0 aromatic heterocycles. The molecule has 0 bridgehead atoms. The summed E-state index contributed by atoms with van der Waals surface area (Å²) in [5.41, 5.74) is -0.478. The van der Waals surface area contributed by atoms with Gasteiger partial charge in [-0.15, -0.1) is 0 Å². The predicted molar refractivity (Wildman–Crippen MR) is 76.7 cm³/mol. The van der Waals surface area contributed by atoms with Crippen molar-refractivity contribution in [2.75, 3.05) is 5.32 Å². The number of aliphatic carboxylic acids is 1. The summed E-state index contributed by atoms with van der Waals surface area (Å²) < 4.78 is 0. The quantitative estimate of drug-likeness (QED) is 0.743. The fraction of sp³-hybridized carbons (Fsp3) is 0.467. The van der Waals surface area contributed by atoms with Crippen molar-refractivity contribution in [2.45, 2.75) is 44.1 Å². The molecule has 0 atom stereocenters. The first kappa shape index (κ1) is 14.4. The Kier molecular flexibility index (Phi) is 4.61. The van der Waals surface area contributed by atoms with Crippen molar-refractivity contribution in [3.63, 3.8) is 0 Å². The molecule has 108 valence electrons. The number of hydrogen-bond donors (Lipinski definition) is 3. The molecule has 1 aromatic rings. The van der Waals surface area contributed by atoms with E-state index in [2.05, 4.69) is 10.6 Å². The lowest BCUT2D eigenvalue weighted by Gasteiger charge is -2.29. The first-order valence-electron chi connectivity index (χ1n) is 7.00. The van der Waals surface area contributed by atoms with E-state index < -0.39 is 17.5 Å². The molecule has 1 aliphatic carbocycles. The third-order valence-electron chi connectivity index (χ3n) is 3.75. The van der Waals surface area contributed by atoms with Gasteiger partial charge < -0.3 is 15.7 Å². The van der Waals surface area contributed by atoms with Gasteiger partial charge in [0.15, 0.2) is 0 Å². The molecule has 1 aliphatic rings. The van der Waals surface area contributed by atoms with Crippen LogP contribution in [0.1, 0.15) is 38.5 Å². The lowest BCUT2D eigenvalue weighted by atomic mass is 9.90. The Morgan fingerprint density at radius 3 is 2.15 bits per heavy atom. The van der Waals surface area contributed by atoms with Crippen LogP contribution in [0.25, 0.3) is 0 Å². The average molecular weight is 276 g/mol. The summed E-state index contributed by atoms with van der Waals surface area (Å²) in [4.78, 5) is 23.6. The van der Waals surface area contributed by atoms with Gasteiger partial charge in [0.25, 0.3) is 0 Å². The van der Waals surface area contributed by atoms with Crippen LogP contribution in [0.15, 0.2) is 30.3 Å². The Hall–Kier alpha value is -2.04. The second-order valence-corrected chi connectivity index (χ2v) is 5.25. The molecule has 0 aliphatic heterocycles. The lowest BCUT2D eigenvalue weighted by Crippen LogP contribution is -2.55. The SMILES string of the molecule is O=C(Nc1ccccc1)NC1(C(=O)O)CCCCCC1. The molecule has 0 saturated heterocycles. The van der Waals surface area contributed by atoms with E-state index in [1.165, 1.54) is 0 Å². The van der Waals surface area contributed by atoms with Gasteiger partial charge in [-0.3, -0.25) is 0 Å². The van der Waals surface area contributed by atoms with E-state index in [0.29, 0.717) is 18.5 Å². The molecule has 5 heteroatoms. The highest BCUT2D eigenvalue weighted by molar-refractivity contribution is 5.93. The second kappa shape index (κ2) is 6.41. The van der Waals surface area contributed by atoms with Crippen molar-refractivity contribution in [3.05, 3.63) is 30.3 Å². The maximum absolute atomic E-state index is 12.0. The summed E-state index contributed by atoms with van der Waals surface area (Å²) in [5, 5.41) is 14.8. The van der Waals surface area contributed by atoms with Gasteiger partial charge in [0.2, 0.25) is 0 Å². The number of carboxylic acids is 1. The fourth-order valence-electron chi connectivity index (χ4n) is 2.63. The number of urea groups is 1. The van der Waals surface area contributed by atoms with Crippen LogP contribution in [0.5, 0.6) is 0 Å². The Morgan fingerprint density at radius 1 is 1.00 bits per heavy atom. The predicted octanol–water partition coefficient (Wildman–Crippen LogP) is 2.99. The van der Waals surface area contributed by atoms with Gasteiger partial charge in [-0.05, 0) is 25.0 Å². The van der Waals surface area contributed by atoms with Gasteiger partial charge in [0, 0.05) is 5.69 Å². The number of carboxylic acid groups (broad SMARTS) is 1. The Balaban J connectivity index is 2.04. The minimum absolute atomic E-state index is 0.458. The van der Waals surface area contributed by atoms with Crippen LogP contribution in [-0.2, 0) is 4.79 Å².